The highest BCUT2D eigenvalue weighted by Crippen LogP contribution is 2.42. The van der Waals surface area contributed by atoms with Gasteiger partial charge in [-0.25, -0.2) is 9.59 Å². The highest BCUT2D eigenvalue weighted by Gasteiger charge is 2.39. The largest absolute Gasteiger partial charge is 0.454 e. The molecule has 230 valence electrons. The van der Waals surface area contributed by atoms with Gasteiger partial charge in [0.25, 0.3) is 0 Å². The molecule has 14 heteroatoms. The molecule has 2 aromatic heterocycles. The molecule has 8 heterocycles. The molecule has 2 aromatic rings. The molecule has 10 nitrogen and oxygen atoms in total. The van der Waals surface area contributed by atoms with Crippen molar-refractivity contribution in [1.29, 1.82) is 0 Å². The maximum Gasteiger partial charge on any atom is 0.417 e. The van der Waals surface area contributed by atoms with Gasteiger partial charge in [0.15, 0.2) is 0 Å². The molecule has 4 atom stereocenters. The van der Waals surface area contributed by atoms with Crippen LogP contribution in [0.2, 0.25) is 0 Å². The zero-order valence-electron chi connectivity index (χ0n) is 24.3. The van der Waals surface area contributed by atoms with Crippen molar-refractivity contribution >= 4 is 58.9 Å². The maximum absolute atomic E-state index is 12.4. The van der Waals surface area contributed by atoms with Crippen LogP contribution in [0.1, 0.15) is 75.6 Å². The molecular weight excluding hydrogens is 613 g/mol. The van der Waals surface area contributed by atoms with E-state index in [0.29, 0.717) is 36.5 Å². The lowest BCUT2D eigenvalue weighted by atomic mass is 9.78. The Hall–Kier alpha value is -1.32. The second-order valence-corrected chi connectivity index (χ2v) is 15.3. The molecular formula is C28H40N6O4S4. The van der Waals surface area contributed by atoms with Gasteiger partial charge >= 0.3 is 11.9 Å². The molecule has 4 bridgehead atoms. The third-order valence-electron chi connectivity index (χ3n) is 9.29. The Bertz CT molecular complexity index is 1120. The zero-order valence-corrected chi connectivity index (χ0v) is 27.6. The van der Waals surface area contributed by atoms with Crippen LogP contribution in [0.25, 0.3) is 0 Å². The predicted molar refractivity (Wildman–Crippen MR) is 165 cm³/mol. The molecule has 0 amide bonds. The van der Waals surface area contributed by atoms with Crippen LogP contribution in [0, 0.1) is 11.8 Å². The van der Waals surface area contributed by atoms with E-state index in [-0.39, 0.29) is 0 Å². The molecule has 0 spiro atoms. The van der Waals surface area contributed by atoms with E-state index in [1.165, 1.54) is 75.3 Å². The number of carbonyl (C=O) groups is 2. The number of esters is 2. The summed E-state index contributed by atoms with van der Waals surface area (Å²) in [5, 5.41) is 2.01. The van der Waals surface area contributed by atoms with Crippen LogP contribution in [0.5, 0.6) is 0 Å². The molecule has 0 saturated carbocycles. The summed E-state index contributed by atoms with van der Waals surface area (Å²) in [6.45, 7) is 10.6. The Balaban J connectivity index is 0.884. The first kappa shape index (κ1) is 30.7. The fourth-order valence-corrected chi connectivity index (χ4v) is 10.6. The van der Waals surface area contributed by atoms with E-state index >= 15 is 0 Å². The molecule has 8 rings (SSSR count). The van der Waals surface area contributed by atoms with Gasteiger partial charge in [0.05, 0.1) is 34.8 Å². The molecule has 6 aliphatic heterocycles. The summed E-state index contributed by atoms with van der Waals surface area (Å²) in [4.78, 5) is 29.9. The molecule has 42 heavy (non-hydrogen) atoms. The van der Waals surface area contributed by atoms with Crippen LogP contribution in [0.4, 0.5) is 0 Å². The van der Waals surface area contributed by atoms with Crippen molar-refractivity contribution in [2.45, 2.75) is 86.5 Å². The van der Waals surface area contributed by atoms with E-state index in [2.05, 4.69) is 27.3 Å². The number of piperidine rings is 6. The summed E-state index contributed by atoms with van der Waals surface area (Å²) >= 11 is 5.91. The number of hydrogen-bond donors (Lipinski definition) is 0. The minimum absolute atomic E-state index is 0.391. The number of nitrogens with zero attached hydrogens (tertiary/aromatic N) is 6. The first-order valence-corrected chi connectivity index (χ1v) is 18.6. The van der Waals surface area contributed by atoms with E-state index in [1.807, 2.05) is 13.8 Å². The standard InChI is InChI=1S/C28H40N6O4S4/c1-17(7-13-39-25-23(29-41-31-25)21-15-33-9-3-19(21)4-10-33)37-27(35)28(36)38-18(2)8-14-40-26-24(30-42-32-26)22-16-34-11-5-20(22)6-12-34/h17-22H,3-16H2,1-2H3. The van der Waals surface area contributed by atoms with Gasteiger partial charge in [0.1, 0.15) is 22.3 Å². The lowest BCUT2D eigenvalue weighted by molar-refractivity contribution is -0.173. The van der Waals surface area contributed by atoms with Gasteiger partial charge in [-0.1, -0.05) is 0 Å². The second kappa shape index (κ2) is 14.2. The van der Waals surface area contributed by atoms with Crippen LogP contribution in [0.3, 0.4) is 0 Å². The lowest BCUT2D eigenvalue weighted by Crippen LogP contribution is -2.46. The Morgan fingerprint density at radius 2 is 1.14 bits per heavy atom. The van der Waals surface area contributed by atoms with E-state index < -0.39 is 24.1 Å². The first-order valence-electron chi connectivity index (χ1n) is 15.2. The molecule has 6 saturated heterocycles. The van der Waals surface area contributed by atoms with Gasteiger partial charge in [-0.15, -0.1) is 23.5 Å². The lowest BCUT2D eigenvalue weighted by Gasteiger charge is -2.44. The van der Waals surface area contributed by atoms with Crippen molar-refractivity contribution in [3.63, 3.8) is 0 Å². The number of ether oxygens (including phenoxy) is 2. The van der Waals surface area contributed by atoms with Crippen molar-refractivity contribution in [3.05, 3.63) is 11.4 Å². The smallest absolute Gasteiger partial charge is 0.417 e. The van der Waals surface area contributed by atoms with Crippen molar-refractivity contribution in [1.82, 2.24) is 27.3 Å². The van der Waals surface area contributed by atoms with E-state index in [4.69, 9.17) is 9.47 Å². The summed E-state index contributed by atoms with van der Waals surface area (Å²) in [6.07, 6.45) is 5.45. The number of carbonyl (C=O) groups excluding carboxylic acids is 2. The third-order valence-corrected chi connectivity index (χ3v) is 12.6. The van der Waals surface area contributed by atoms with Crippen molar-refractivity contribution in [2.24, 2.45) is 11.8 Å². The van der Waals surface area contributed by atoms with Crippen molar-refractivity contribution < 1.29 is 19.1 Å². The van der Waals surface area contributed by atoms with Crippen LogP contribution < -0.4 is 0 Å². The predicted octanol–water partition coefficient (Wildman–Crippen LogP) is 4.54. The Kier molecular flexibility index (Phi) is 10.4. The van der Waals surface area contributed by atoms with Crippen LogP contribution in [0.15, 0.2) is 10.1 Å². The highest BCUT2D eigenvalue weighted by atomic mass is 32.2. The summed E-state index contributed by atoms with van der Waals surface area (Å²) in [5.41, 5.74) is 2.28. The quantitative estimate of drug-likeness (QED) is 0.182. The topological polar surface area (TPSA) is 111 Å². The fraction of sp³-hybridized carbons (Fsp3) is 0.786. The van der Waals surface area contributed by atoms with Crippen LogP contribution in [-0.4, -0.2) is 102 Å². The summed E-state index contributed by atoms with van der Waals surface area (Å²) in [7, 11) is 0. The zero-order chi connectivity index (χ0) is 29.1. The van der Waals surface area contributed by atoms with Crippen LogP contribution in [-0.2, 0) is 19.1 Å². The molecule has 6 aliphatic rings. The van der Waals surface area contributed by atoms with E-state index in [9.17, 15) is 9.59 Å². The third kappa shape index (κ3) is 7.31. The number of thioether (sulfide) groups is 2. The number of fused-ring (bicyclic) bond motifs is 6. The van der Waals surface area contributed by atoms with Crippen molar-refractivity contribution in [2.75, 3.05) is 50.8 Å². The molecule has 0 aromatic carbocycles. The van der Waals surface area contributed by atoms with Gasteiger partial charge < -0.3 is 19.3 Å². The van der Waals surface area contributed by atoms with Gasteiger partial charge in [-0.05, 0) is 90.4 Å². The summed E-state index contributed by atoms with van der Waals surface area (Å²) < 4.78 is 29.2. The van der Waals surface area contributed by atoms with Crippen molar-refractivity contribution in [3.8, 4) is 0 Å². The fourth-order valence-electron chi connectivity index (χ4n) is 6.80. The number of hydrogen-bond acceptors (Lipinski definition) is 14. The van der Waals surface area contributed by atoms with Gasteiger partial charge in [-0.3, -0.25) is 0 Å². The van der Waals surface area contributed by atoms with Gasteiger partial charge in [0, 0.05) is 36.4 Å². The molecule has 0 aliphatic carbocycles. The molecule has 0 N–H and O–H groups in total. The Morgan fingerprint density at radius 3 is 1.50 bits per heavy atom. The average Bonchev–Trinajstić information content (AvgIpc) is 3.68. The Morgan fingerprint density at radius 1 is 0.738 bits per heavy atom. The van der Waals surface area contributed by atoms with E-state index in [1.54, 1.807) is 23.5 Å². The second-order valence-electron chi connectivity index (χ2n) is 12.1. The Labute approximate surface area is 264 Å². The molecule has 4 unspecified atom stereocenters. The van der Waals surface area contributed by atoms with Crippen LogP contribution >= 0.6 is 47.0 Å². The number of rotatable bonds is 12. The van der Waals surface area contributed by atoms with Gasteiger partial charge in [-0.2, -0.15) is 17.5 Å². The van der Waals surface area contributed by atoms with E-state index in [0.717, 1.165) is 46.0 Å². The maximum atomic E-state index is 12.4. The first-order chi connectivity index (χ1) is 20.4. The summed E-state index contributed by atoms with van der Waals surface area (Å²) in [6, 6.07) is 0. The SMILES string of the molecule is CC(CCSc1nsnc1C1CN2CCC1CC2)OC(=O)C(=O)OC(C)CCSc1nsnc1C1CN2CCC1CC2. The van der Waals surface area contributed by atoms with Gasteiger partial charge in [0.2, 0.25) is 0 Å². The average molecular weight is 653 g/mol. The molecule has 0 radical (unpaired) electrons. The monoisotopic (exact) mass is 652 g/mol. The number of aromatic nitrogens is 4. The minimum Gasteiger partial charge on any atom is -0.454 e. The molecule has 6 fully saturated rings. The normalized spacial score (nSPS) is 29.8. The minimum atomic E-state index is -0.927. The highest BCUT2D eigenvalue weighted by molar-refractivity contribution is 7.99. The summed E-state index contributed by atoms with van der Waals surface area (Å²) in [5.74, 6) is 2.00.